The Bertz CT molecular complexity index is 765. The molecule has 0 bridgehead atoms. The van der Waals surface area contributed by atoms with Gasteiger partial charge in [-0.05, 0) is 35.7 Å². The van der Waals surface area contributed by atoms with Crippen LogP contribution in [0.25, 0.3) is 0 Å². The van der Waals surface area contributed by atoms with E-state index >= 15 is 0 Å². The van der Waals surface area contributed by atoms with Crippen LogP contribution in [0.5, 0.6) is 5.75 Å². The van der Waals surface area contributed by atoms with Crippen molar-refractivity contribution < 1.29 is 49.2 Å². The van der Waals surface area contributed by atoms with Crippen LogP contribution in [0.15, 0.2) is 84.9 Å². The molecular formula is C22H21AcNO. The molecule has 123 valence electrons. The summed E-state index contributed by atoms with van der Waals surface area (Å²) in [4.78, 5) is 2.54. The first-order chi connectivity index (χ1) is 11.8. The molecule has 25 heavy (non-hydrogen) atoms. The Morgan fingerprint density at radius 2 is 1.24 bits per heavy atom. The van der Waals surface area contributed by atoms with Gasteiger partial charge in [-0.2, -0.15) is 0 Å². The molecule has 0 aliphatic carbocycles. The van der Waals surface area contributed by atoms with Crippen molar-refractivity contribution in [3.63, 3.8) is 0 Å². The third-order valence-corrected chi connectivity index (χ3v) is 4.92. The molecule has 3 aromatic carbocycles. The average molecular weight is 542 g/mol. The van der Waals surface area contributed by atoms with Gasteiger partial charge in [0.05, 0.1) is 12.1 Å². The monoisotopic (exact) mass is 542 g/mol. The Morgan fingerprint density at radius 3 is 1.72 bits per heavy atom. The van der Waals surface area contributed by atoms with Crippen LogP contribution in [0, 0.1) is 44.1 Å². The maximum Gasteiger partial charge on any atom is 0.115 e. The zero-order valence-corrected chi connectivity index (χ0v) is 19.0. The second-order valence-corrected chi connectivity index (χ2v) is 6.45. The van der Waals surface area contributed by atoms with E-state index in [1.165, 1.54) is 16.7 Å². The molecule has 1 heterocycles. The van der Waals surface area contributed by atoms with E-state index in [1.54, 1.807) is 12.1 Å². The summed E-state index contributed by atoms with van der Waals surface area (Å²) in [5.74, 6) is 0.321. The number of hydrogen-bond donors (Lipinski definition) is 1. The molecule has 1 saturated heterocycles. The van der Waals surface area contributed by atoms with Crippen molar-refractivity contribution in [2.45, 2.75) is 25.0 Å². The fourth-order valence-corrected chi connectivity index (χ4v) is 3.70. The van der Waals surface area contributed by atoms with E-state index in [9.17, 15) is 5.11 Å². The normalized spacial score (nSPS) is 21.6. The van der Waals surface area contributed by atoms with Crippen LogP contribution in [0.3, 0.4) is 0 Å². The summed E-state index contributed by atoms with van der Waals surface area (Å²) in [5, 5.41) is 9.54. The minimum atomic E-state index is 0. The van der Waals surface area contributed by atoms with Gasteiger partial charge in [0.25, 0.3) is 0 Å². The molecule has 1 unspecified atom stereocenters. The quantitative estimate of drug-likeness (QED) is 0.473. The van der Waals surface area contributed by atoms with Gasteiger partial charge in [0, 0.05) is 50.1 Å². The molecule has 0 saturated carbocycles. The molecule has 3 heteroatoms. The summed E-state index contributed by atoms with van der Waals surface area (Å²) < 4.78 is 0. The van der Waals surface area contributed by atoms with Gasteiger partial charge in [0.15, 0.2) is 0 Å². The number of phenolic OH excluding ortho intramolecular Hbond substituents is 1. The molecule has 3 atom stereocenters. The number of aromatic hydroxyl groups is 1. The van der Waals surface area contributed by atoms with Crippen LogP contribution in [-0.2, 0) is 0 Å². The van der Waals surface area contributed by atoms with E-state index in [0.717, 1.165) is 0 Å². The third-order valence-electron chi connectivity index (χ3n) is 4.92. The maximum atomic E-state index is 9.54. The van der Waals surface area contributed by atoms with Crippen LogP contribution in [0.1, 0.15) is 35.7 Å². The summed E-state index contributed by atoms with van der Waals surface area (Å²) in [5.41, 5.74) is 3.89. The SMILES string of the molecule is C[C@H]1[C@@H](c2ccc(O)cc2)N1C(c1ccccc1)c1ccccc1.[Ac]. The van der Waals surface area contributed by atoms with Crippen LogP contribution in [0.4, 0.5) is 0 Å². The molecule has 1 radical (unpaired) electrons. The number of benzene rings is 3. The Kier molecular flexibility index (Phi) is 6.00. The summed E-state index contributed by atoms with van der Waals surface area (Å²) in [6, 6.07) is 30.1. The summed E-state index contributed by atoms with van der Waals surface area (Å²) in [7, 11) is 0. The minimum Gasteiger partial charge on any atom is -0.508 e. The Hall–Kier alpha value is -1.14. The predicted molar refractivity (Wildman–Crippen MR) is 96.9 cm³/mol. The first-order valence-corrected chi connectivity index (χ1v) is 8.42. The largest absolute Gasteiger partial charge is 0.508 e. The zero-order valence-electron chi connectivity index (χ0n) is 14.3. The molecule has 1 fully saturated rings. The van der Waals surface area contributed by atoms with E-state index in [2.05, 4.69) is 72.5 Å². The van der Waals surface area contributed by atoms with Crippen molar-refractivity contribution in [3.8, 4) is 5.75 Å². The number of phenols is 1. The van der Waals surface area contributed by atoms with Crippen LogP contribution >= 0.6 is 0 Å². The van der Waals surface area contributed by atoms with Crippen molar-refractivity contribution in [2.24, 2.45) is 0 Å². The molecule has 2 nitrogen and oxygen atoms in total. The van der Waals surface area contributed by atoms with Crippen molar-refractivity contribution in [3.05, 3.63) is 102 Å². The van der Waals surface area contributed by atoms with E-state index in [4.69, 9.17) is 0 Å². The number of hydrogen-bond acceptors (Lipinski definition) is 2. The fourth-order valence-electron chi connectivity index (χ4n) is 3.70. The smallest absolute Gasteiger partial charge is 0.115 e. The molecule has 3 aromatic rings. The van der Waals surface area contributed by atoms with E-state index in [0.29, 0.717) is 17.8 Å². The van der Waals surface area contributed by atoms with Crippen LogP contribution < -0.4 is 0 Å². The first-order valence-electron chi connectivity index (χ1n) is 8.42. The van der Waals surface area contributed by atoms with E-state index in [1.807, 2.05) is 12.1 Å². The molecule has 0 amide bonds. The number of rotatable bonds is 4. The maximum absolute atomic E-state index is 9.54. The van der Waals surface area contributed by atoms with Crippen LogP contribution in [-0.4, -0.2) is 16.0 Å². The minimum absolute atomic E-state index is 0. The van der Waals surface area contributed by atoms with Gasteiger partial charge in [0.1, 0.15) is 5.75 Å². The molecular weight excluding hydrogens is 521 g/mol. The van der Waals surface area contributed by atoms with Gasteiger partial charge in [-0.25, -0.2) is 0 Å². The predicted octanol–water partition coefficient (Wildman–Crippen LogP) is 4.93. The molecule has 0 spiro atoms. The van der Waals surface area contributed by atoms with Gasteiger partial charge in [0.2, 0.25) is 0 Å². The summed E-state index contributed by atoms with van der Waals surface area (Å²) >= 11 is 0. The Morgan fingerprint density at radius 1 is 0.760 bits per heavy atom. The average Bonchev–Trinajstić information content (AvgIpc) is 3.28. The second-order valence-electron chi connectivity index (χ2n) is 6.45. The Balaban J connectivity index is 0.00000182. The van der Waals surface area contributed by atoms with Crippen molar-refractivity contribution >= 4 is 0 Å². The molecule has 0 aromatic heterocycles. The molecule has 1 aliphatic rings. The first kappa shape index (κ1) is 18.6. The van der Waals surface area contributed by atoms with Crippen molar-refractivity contribution in [2.75, 3.05) is 0 Å². The van der Waals surface area contributed by atoms with Crippen molar-refractivity contribution in [1.29, 1.82) is 0 Å². The summed E-state index contributed by atoms with van der Waals surface area (Å²) in [6.07, 6.45) is 0. The van der Waals surface area contributed by atoms with Gasteiger partial charge < -0.3 is 5.11 Å². The van der Waals surface area contributed by atoms with Crippen molar-refractivity contribution in [1.82, 2.24) is 4.90 Å². The number of nitrogens with zero attached hydrogens (tertiary/aromatic N) is 1. The zero-order chi connectivity index (χ0) is 16.5. The van der Waals surface area contributed by atoms with E-state index < -0.39 is 0 Å². The standard InChI is InChI=1S/C22H21NO.Ac/c1-16-21(19-12-14-20(24)15-13-19)23(16)22(17-8-4-2-5-9-17)18-10-6-3-7-11-18;/h2-16,21-22,24H,1H3;/t16-,21-,23?;/m0./s1. The van der Waals surface area contributed by atoms with Gasteiger partial charge in [-0.15, -0.1) is 0 Å². The third kappa shape index (κ3) is 3.85. The van der Waals surface area contributed by atoms with E-state index in [-0.39, 0.29) is 50.1 Å². The molecule has 1 aliphatic heterocycles. The molecule has 4 rings (SSSR count). The summed E-state index contributed by atoms with van der Waals surface area (Å²) in [6.45, 7) is 2.27. The van der Waals surface area contributed by atoms with Gasteiger partial charge in [-0.1, -0.05) is 72.8 Å². The molecule has 1 N–H and O–H groups in total. The second kappa shape index (κ2) is 8.04. The fraction of sp³-hybridized carbons (Fsp3) is 0.182. The topological polar surface area (TPSA) is 23.2 Å². The van der Waals surface area contributed by atoms with Crippen LogP contribution in [0.2, 0.25) is 0 Å². The Labute approximate surface area is 185 Å². The van der Waals surface area contributed by atoms with Gasteiger partial charge >= 0.3 is 0 Å². The van der Waals surface area contributed by atoms with Gasteiger partial charge in [-0.3, -0.25) is 4.90 Å².